The lowest BCUT2D eigenvalue weighted by molar-refractivity contribution is -0.145. The summed E-state index contributed by atoms with van der Waals surface area (Å²) in [5, 5.41) is 2.26. The van der Waals surface area contributed by atoms with Gasteiger partial charge in [0.25, 0.3) is 6.43 Å². The summed E-state index contributed by atoms with van der Waals surface area (Å²) in [6.07, 6.45) is -7.03. The second-order valence-corrected chi connectivity index (χ2v) is 6.48. The highest BCUT2D eigenvalue weighted by Crippen LogP contribution is 2.21. The molecular formula is C17H19F6N3O2. The lowest BCUT2D eigenvalue weighted by Gasteiger charge is -2.31. The van der Waals surface area contributed by atoms with Crippen molar-refractivity contribution in [1.82, 2.24) is 10.2 Å². The summed E-state index contributed by atoms with van der Waals surface area (Å²) in [6.45, 7) is -0.0666. The van der Waals surface area contributed by atoms with Crippen molar-refractivity contribution in [3.05, 3.63) is 35.1 Å². The Morgan fingerprint density at radius 3 is 2.46 bits per heavy atom. The Bertz CT molecular complexity index is 733. The fraction of sp³-hybridized carbons (Fsp3) is 0.529. The molecular weight excluding hydrogens is 392 g/mol. The van der Waals surface area contributed by atoms with Gasteiger partial charge in [0, 0.05) is 31.6 Å². The number of halogens is 6. The van der Waals surface area contributed by atoms with Crippen LogP contribution in [0.15, 0.2) is 12.1 Å². The number of rotatable bonds is 6. The van der Waals surface area contributed by atoms with Gasteiger partial charge in [-0.2, -0.15) is 0 Å². The second-order valence-electron chi connectivity index (χ2n) is 6.48. The van der Waals surface area contributed by atoms with Crippen molar-refractivity contribution >= 4 is 11.8 Å². The molecule has 28 heavy (non-hydrogen) atoms. The van der Waals surface area contributed by atoms with Crippen molar-refractivity contribution in [1.29, 1.82) is 0 Å². The Kier molecular flexibility index (Phi) is 7.28. The lowest BCUT2D eigenvalue weighted by atomic mass is 10.0. The molecule has 1 aliphatic rings. The molecule has 2 rings (SSSR count). The first kappa shape index (κ1) is 22.0. The summed E-state index contributed by atoms with van der Waals surface area (Å²) in [7, 11) is 0. The van der Waals surface area contributed by atoms with Gasteiger partial charge in [-0.25, -0.2) is 26.3 Å². The monoisotopic (exact) mass is 411 g/mol. The fourth-order valence-electron chi connectivity index (χ4n) is 3.00. The van der Waals surface area contributed by atoms with Crippen molar-refractivity contribution in [2.24, 2.45) is 5.73 Å². The van der Waals surface area contributed by atoms with Gasteiger partial charge >= 0.3 is 0 Å². The summed E-state index contributed by atoms with van der Waals surface area (Å²) < 4.78 is 79.4. The van der Waals surface area contributed by atoms with E-state index in [4.69, 9.17) is 5.73 Å². The van der Waals surface area contributed by atoms with Crippen LogP contribution in [-0.4, -0.2) is 54.5 Å². The van der Waals surface area contributed by atoms with Gasteiger partial charge in [0.2, 0.25) is 11.8 Å². The zero-order valence-corrected chi connectivity index (χ0v) is 14.6. The van der Waals surface area contributed by atoms with Gasteiger partial charge in [0.15, 0.2) is 17.8 Å². The zero-order chi connectivity index (χ0) is 21.0. The van der Waals surface area contributed by atoms with E-state index in [0.29, 0.717) is 17.0 Å². The molecule has 1 fully saturated rings. The van der Waals surface area contributed by atoms with E-state index in [-0.39, 0.29) is 31.5 Å². The summed E-state index contributed by atoms with van der Waals surface area (Å²) in [5.74, 6) is -5.66. The molecule has 0 bridgehead atoms. The number of carbonyl (C=O) groups is 2. The lowest BCUT2D eigenvalue weighted by Crippen LogP contribution is -2.55. The summed E-state index contributed by atoms with van der Waals surface area (Å²) >= 11 is 0. The zero-order valence-electron chi connectivity index (χ0n) is 14.6. The topological polar surface area (TPSA) is 75.4 Å². The summed E-state index contributed by atoms with van der Waals surface area (Å²) in [6, 6.07) is -2.17. The summed E-state index contributed by atoms with van der Waals surface area (Å²) in [5.41, 5.74) is 5.48. The van der Waals surface area contributed by atoms with Gasteiger partial charge in [0.1, 0.15) is 11.9 Å². The van der Waals surface area contributed by atoms with E-state index < -0.39 is 60.4 Å². The molecule has 0 saturated carbocycles. The molecule has 156 valence electrons. The molecule has 2 amide bonds. The Labute approximate surface area is 156 Å². The maximum Gasteiger partial charge on any atom is 0.271 e. The number of benzene rings is 1. The van der Waals surface area contributed by atoms with E-state index in [1.54, 1.807) is 0 Å². The maximum absolute atomic E-state index is 13.9. The number of amides is 2. The Morgan fingerprint density at radius 1 is 1.18 bits per heavy atom. The highest BCUT2D eigenvalue weighted by molar-refractivity contribution is 5.88. The van der Waals surface area contributed by atoms with E-state index in [1.165, 1.54) is 0 Å². The van der Waals surface area contributed by atoms with Crippen molar-refractivity contribution < 1.29 is 35.9 Å². The summed E-state index contributed by atoms with van der Waals surface area (Å²) in [4.78, 5) is 25.1. The molecule has 11 heteroatoms. The minimum atomic E-state index is -3.48. The van der Waals surface area contributed by atoms with Crippen LogP contribution in [-0.2, 0) is 16.0 Å². The van der Waals surface area contributed by atoms with Gasteiger partial charge < -0.3 is 16.0 Å². The van der Waals surface area contributed by atoms with Crippen LogP contribution in [0.5, 0.6) is 0 Å². The second kappa shape index (κ2) is 9.26. The standard InChI is InChI=1S/C17H19F6N3O2/c18-10-7-12(20)11(19)5-8(10)4-9(24)6-13(27)26-3-1-2-25-17(28)15(26)14(21)16(22)23/h5,7,9,14-16H,1-4,6,24H2,(H,25,28)/t9-,14?,15+/m1/s1. The van der Waals surface area contributed by atoms with Crippen molar-refractivity contribution in [2.45, 2.75) is 43.9 Å². The molecule has 1 aromatic carbocycles. The first-order chi connectivity index (χ1) is 13.1. The molecule has 1 unspecified atom stereocenters. The average molecular weight is 411 g/mol. The van der Waals surface area contributed by atoms with E-state index in [1.807, 2.05) is 0 Å². The van der Waals surface area contributed by atoms with E-state index >= 15 is 0 Å². The van der Waals surface area contributed by atoms with Gasteiger partial charge in [-0.3, -0.25) is 9.59 Å². The van der Waals surface area contributed by atoms with Crippen LogP contribution >= 0.6 is 0 Å². The molecule has 0 spiro atoms. The number of nitrogens with one attached hydrogen (secondary N) is 1. The van der Waals surface area contributed by atoms with Gasteiger partial charge in [-0.15, -0.1) is 0 Å². The highest BCUT2D eigenvalue weighted by Gasteiger charge is 2.42. The molecule has 1 saturated heterocycles. The molecule has 3 N–H and O–H groups in total. The van der Waals surface area contributed by atoms with E-state index in [2.05, 4.69) is 5.32 Å². The number of hydrogen-bond donors (Lipinski definition) is 2. The quantitative estimate of drug-likeness (QED) is 0.553. The molecule has 5 nitrogen and oxygen atoms in total. The Balaban J connectivity index is 2.12. The number of hydrogen-bond acceptors (Lipinski definition) is 3. The fourth-order valence-corrected chi connectivity index (χ4v) is 3.00. The third kappa shape index (κ3) is 5.15. The van der Waals surface area contributed by atoms with Gasteiger partial charge in [0.05, 0.1) is 0 Å². The first-order valence-electron chi connectivity index (χ1n) is 8.50. The van der Waals surface area contributed by atoms with Crippen LogP contribution in [0.4, 0.5) is 26.3 Å². The molecule has 0 aliphatic carbocycles. The minimum Gasteiger partial charge on any atom is -0.354 e. The number of nitrogens with zero attached hydrogens (tertiary/aromatic N) is 1. The van der Waals surface area contributed by atoms with Crippen molar-refractivity contribution in [3.8, 4) is 0 Å². The van der Waals surface area contributed by atoms with Gasteiger partial charge in [-0.1, -0.05) is 0 Å². The Hall–Kier alpha value is -2.30. The van der Waals surface area contributed by atoms with E-state index in [9.17, 15) is 35.9 Å². The number of alkyl halides is 3. The minimum absolute atomic E-state index is 0.0845. The smallest absolute Gasteiger partial charge is 0.271 e. The molecule has 1 aliphatic heterocycles. The van der Waals surface area contributed by atoms with Gasteiger partial charge in [-0.05, 0) is 24.5 Å². The molecule has 1 aromatic rings. The maximum atomic E-state index is 13.9. The molecule has 1 heterocycles. The predicted molar refractivity (Wildman–Crippen MR) is 86.6 cm³/mol. The number of carbonyl (C=O) groups excluding carboxylic acids is 2. The van der Waals surface area contributed by atoms with E-state index in [0.717, 1.165) is 0 Å². The van der Waals surface area contributed by atoms with Crippen molar-refractivity contribution in [3.63, 3.8) is 0 Å². The normalized spacial score (nSPS) is 19.9. The van der Waals surface area contributed by atoms with Crippen LogP contribution in [0.2, 0.25) is 0 Å². The first-order valence-corrected chi connectivity index (χ1v) is 8.50. The van der Waals surface area contributed by atoms with Crippen molar-refractivity contribution in [2.75, 3.05) is 13.1 Å². The van der Waals surface area contributed by atoms with Crippen LogP contribution in [0.3, 0.4) is 0 Å². The SMILES string of the molecule is N[C@@H](CC(=O)N1CCCNC(=O)[C@@H]1C(F)C(F)F)Cc1cc(F)c(F)cc1F. The predicted octanol–water partition coefficient (Wildman–Crippen LogP) is 1.68. The average Bonchev–Trinajstić information content (AvgIpc) is 2.80. The van der Waals surface area contributed by atoms with Crippen LogP contribution in [0.1, 0.15) is 18.4 Å². The third-order valence-corrected chi connectivity index (χ3v) is 4.35. The van der Waals surface area contributed by atoms with Crippen LogP contribution in [0.25, 0.3) is 0 Å². The van der Waals surface area contributed by atoms with Crippen LogP contribution in [0, 0.1) is 17.5 Å². The highest BCUT2D eigenvalue weighted by atomic mass is 19.3. The molecule has 0 aromatic heterocycles. The largest absolute Gasteiger partial charge is 0.354 e. The molecule has 3 atom stereocenters. The Morgan fingerprint density at radius 2 is 1.82 bits per heavy atom. The number of nitrogens with two attached hydrogens (primary N) is 1. The van der Waals surface area contributed by atoms with Crippen LogP contribution < -0.4 is 11.1 Å². The molecule has 0 radical (unpaired) electrons. The third-order valence-electron chi connectivity index (χ3n) is 4.35.